The van der Waals surface area contributed by atoms with Gasteiger partial charge >= 0.3 is 0 Å². The summed E-state index contributed by atoms with van der Waals surface area (Å²) in [6.45, 7) is 3.42. The molecular weight excluding hydrogens is 387 g/mol. The lowest BCUT2D eigenvalue weighted by Gasteiger charge is -2.16. The highest BCUT2D eigenvalue weighted by atomic mass is 35.5. The highest BCUT2D eigenvalue weighted by Gasteiger charge is 2.24. The van der Waals surface area contributed by atoms with Gasteiger partial charge in [0.05, 0.1) is 6.20 Å². The molecule has 0 spiro atoms. The molecule has 2 atom stereocenters. The first kappa shape index (κ1) is 21.5. The number of nitrogens with zero attached hydrogens (tertiary/aromatic N) is 4. The molecule has 0 aliphatic heterocycles. The third kappa shape index (κ3) is 4.55. The number of aryl methyl sites for hydroxylation is 2. The zero-order chi connectivity index (χ0) is 19.6. The highest BCUT2D eigenvalue weighted by Crippen LogP contribution is 2.21. The average molecular weight is 409 g/mol. The maximum absolute atomic E-state index is 13.7. The number of carbonyl (C=O) groups excluding carboxylic acids is 1. The van der Waals surface area contributed by atoms with E-state index in [1.165, 1.54) is 6.07 Å². The van der Waals surface area contributed by atoms with Crippen molar-refractivity contribution >= 4 is 18.3 Å². The molecule has 0 radical (unpaired) electrons. The molecule has 10 heteroatoms. The SMILES string of the molecule is CNC(C(=O)NC(C)c1nc(-c2ccc(C)c(F)c2)no1)c1cnn(C)c1.Cl. The summed E-state index contributed by atoms with van der Waals surface area (Å²) < 4.78 is 20.6. The first-order valence-corrected chi connectivity index (χ1v) is 8.45. The van der Waals surface area contributed by atoms with Crippen LogP contribution < -0.4 is 10.6 Å². The summed E-state index contributed by atoms with van der Waals surface area (Å²) in [5.74, 6) is -0.0875. The lowest BCUT2D eigenvalue weighted by molar-refractivity contribution is -0.124. The number of hydrogen-bond donors (Lipinski definition) is 2. The molecule has 0 fully saturated rings. The molecule has 1 amide bonds. The van der Waals surface area contributed by atoms with Crippen LogP contribution in [-0.4, -0.2) is 32.9 Å². The number of benzene rings is 1. The third-order valence-corrected chi connectivity index (χ3v) is 4.21. The maximum atomic E-state index is 13.7. The normalized spacial score (nSPS) is 12.9. The molecule has 8 nitrogen and oxygen atoms in total. The first-order valence-electron chi connectivity index (χ1n) is 8.45. The number of halogens is 2. The van der Waals surface area contributed by atoms with Crippen molar-refractivity contribution in [2.75, 3.05) is 7.05 Å². The van der Waals surface area contributed by atoms with Crippen LogP contribution in [0, 0.1) is 12.7 Å². The van der Waals surface area contributed by atoms with E-state index in [0.29, 0.717) is 11.1 Å². The minimum absolute atomic E-state index is 0. The monoisotopic (exact) mass is 408 g/mol. The molecule has 2 aromatic heterocycles. The van der Waals surface area contributed by atoms with Gasteiger partial charge in [-0.25, -0.2) is 4.39 Å². The molecule has 0 aliphatic carbocycles. The van der Waals surface area contributed by atoms with Crippen molar-refractivity contribution in [2.24, 2.45) is 7.05 Å². The second kappa shape index (κ2) is 8.94. The van der Waals surface area contributed by atoms with Gasteiger partial charge in [-0.15, -0.1) is 12.4 Å². The fraction of sp³-hybridized carbons (Fsp3) is 0.333. The van der Waals surface area contributed by atoms with Gasteiger partial charge in [0, 0.05) is 24.4 Å². The largest absolute Gasteiger partial charge is 0.343 e. The van der Waals surface area contributed by atoms with Crippen molar-refractivity contribution in [3.8, 4) is 11.4 Å². The zero-order valence-corrected chi connectivity index (χ0v) is 16.7. The van der Waals surface area contributed by atoms with E-state index in [9.17, 15) is 9.18 Å². The fourth-order valence-corrected chi connectivity index (χ4v) is 2.66. The van der Waals surface area contributed by atoms with Crippen LogP contribution in [0.5, 0.6) is 0 Å². The van der Waals surface area contributed by atoms with Gasteiger partial charge in [-0.05, 0) is 32.5 Å². The summed E-state index contributed by atoms with van der Waals surface area (Å²) in [6, 6.07) is 3.65. The van der Waals surface area contributed by atoms with E-state index in [-0.39, 0.29) is 35.8 Å². The van der Waals surface area contributed by atoms with Crippen LogP contribution in [0.2, 0.25) is 0 Å². The zero-order valence-electron chi connectivity index (χ0n) is 15.9. The molecule has 0 bridgehead atoms. The minimum atomic E-state index is -0.560. The van der Waals surface area contributed by atoms with Gasteiger partial charge < -0.3 is 15.2 Å². The summed E-state index contributed by atoms with van der Waals surface area (Å²) in [5.41, 5.74) is 1.79. The Balaban J connectivity index is 0.00000280. The summed E-state index contributed by atoms with van der Waals surface area (Å²) in [7, 11) is 3.48. The average Bonchev–Trinajstić information content (AvgIpc) is 3.27. The van der Waals surface area contributed by atoms with Crippen LogP contribution in [0.1, 0.15) is 36.0 Å². The number of hydrogen-bond acceptors (Lipinski definition) is 6. The number of rotatable bonds is 6. The summed E-state index contributed by atoms with van der Waals surface area (Å²) in [6.07, 6.45) is 3.39. The van der Waals surface area contributed by atoms with Crippen LogP contribution in [0.4, 0.5) is 4.39 Å². The molecule has 2 heterocycles. The Bertz CT molecular complexity index is 957. The van der Waals surface area contributed by atoms with E-state index in [4.69, 9.17) is 4.52 Å². The molecule has 28 heavy (non-hydrogen) atoms. The standard InChI is InChI=1S/C18H21FN6O2.ClH/c1-10-5-6-12(7-14(10)19)16-23-18(27-24-16)11(2)22-17(26)15(20-3)13-8-21-25(4)9-13;/h5-9,11,15,20H,1-4H3,(H,22,26);1H. The summed E-state index contributed by atoms with van der Waals surface area (Å²) in [5, 5.41) is 13.7. The van der Waals surface area contributed by atoms with Crippen molar-refractivity contribution in [3.05, 3.63) is 53.4 Å². The molecule has 1 aromatic carbocycles. The molecule has 0 aliphatic rings. The predicted octanol–water partition coefficient (Wildman–Crippen LogP) is 2.48. The molecule has 2 unspecified atom stereocenters. The van der Waals surface area contributed by atoms with Gasteiger partial charge in [0.2, 0.25) is 17.6 Å². The van der Waals surface area contributed by atoms with Gasteiger partial charge in [-0.1, -0.05) is 17.3 Å². The van der Waals surface area contributed by atoms with Crippen LogP contribution >= 0.6 is 12.4 Å². The maximum Gasteiger partial charge on any atom is 0.249 e. The van der Waals surface area contributed by atoms with E-state index in [0.717, 1.165) is 5.56 Å². The number of likely N-dealkylation sites (N-methyl/N-ethyl adjacent to an activating group) is 1. The van der Waals surface area contributed by atoms with Crippen molar-refractivity contribution in [3.63, 3.8) is 0 Å². The Morgan fingerprint density at radius 3 is 2.71 bits per heavy atom. The van der Waals surface area contributed by atoms with Crippen LogP contribution in [-0.2, 0) is 11.8 Å². The molecule has 0 saturated carbocycles. The Kier molecular flexibility index (Phi) is 6.87. The topological polar surface area (TPSA) is 97.9 Å². The fourth-order valence-electron chi connectivity index (χ4n) is 2.66. The van der Waals surface area contributed by atoms with Crippen LogP contribution in [0.25, 0.3) is 11.4 Å². The second-order valence-corrected chi connectivity index (χ2v) is 6.32. The van der Waals surface area contributed by atoms with E-state index >= 15 is 0 Å². The smallest absolute Gasteiger partial charge is 0.249 e. The van der Waals surface area contributed by atoms with Crippen molar-refractivity contribution < 1.29 is 13.7 Å². The Morgan fingerprint density at radius 2 is 2.11 bits per heavy atom. The first-order chi connectivity index (χ1) is 12.9. The van der Waals surface area contributed by atoms with Gasteiger partial charge in [0.1, 0.15) is 17.9 Å². The lowest BCUT2D eigenvalue weighted by atomic mass is 10.1. The highest BCUT2D eigenvalue weighted by molar-refractivity contribution is 5.85. The van der Waals surface area contributed by atoms with Crippen molar-refractivity contribution in [1.82, 2.24) is 30.6 Å². The molecule has 0 saturated heterocycles. The van der Waals surface area contributed by atoms with E-state index in [1.807, 2.05) is 0 Å². The Morgan fingerprint density at radius 1 is 1.36 bits per heavy atom. The third-order valence-electron chi connectivity index (χ3n) is 4.21. The summed E-state index contributed by atoms with van der Waals surface area (Å²) in [4.78, 5) is 16.8. The van der Waals surface area contributed by atoms with Gasteiger partial charge in [0.15, 0.2) is 0 Å². The Hall–Kier alpha value is -2.78. The molecule has 3 rings (SSSR count). The Labute approximate surface area is 167 Å². The van der Waals surface area contributed by atoms with Crippen LogP contribution in [0.3, 0.4) is 0 Å². The number of nitrogens with one attached hydrogen (secondary N) is 2. The minimum Gasteiger partial charge on any atom is -0.343 e. The molecule has 2 N–H and O–H groups in total. The van der Waals surface area contributed by atoms with E-state index in [2.05, 4.69) is 25.9 Å². The van der Waals surface area contributed by atoms with Crippen molar-refractivity contribution in [1.29, 1.82) is 0 Å². The predicted molar refractivity (Wildman–Crippen MR) is 103 cm³/mol. The number of carbonyl (C=O) groups is 1. The second-order valence-electron chi connectivity index (χ2n) is 6.32. The molecule has 150 valence electrons. The number of aromatic nitrogens is 4. The van der Waals surface area contributed by atoms with Gasteiger partial charge in [-0.2, -0.15) is 10.1 Å². The summed E-state index contributed by atoms with van der Waals surface area (Å²) >= 11 is 0. The van der Waals surface area contributed by atoms with E-state index in [1.54, 1.807) is 57.2 Å². The molecule has 3 aromatic rings. The number of amides is 1. The van der Waals surface area contributed by atoms with Gasteiger partial charge in [-0.3, -0.25) is 9.48 Å². The lowest BCUT2D eigenvalue weighted by Crippen LogP contribution is -2.37. The van der Waals surface area contributed by atoms with Crippen LogP contribution in [0.15, 0.2) is 35.1 Å². The van der Waals surface area contributed by atoms with Gasteiger partial charge in [0.25, 0.3) is 0 Å². The van der Waals surface area contributed by atoms with Crippen molar-refractivity contribution in [2.45, 2.75) is 25.9 Å². The van der Waals surface area contributed by atoms with E-state index < -0.39 is 12.1 Å². The quantitative estimate of drug-likeness (QED) is 0.650. The molecular formula is C18H22ClFN6O2.